The molecule has 20 heavy (non-hydrogen) atoms. The van der Waals surface area contributed by atoms with Crippen molar-refractivity contribution >= 4 is 37.3 Å². The van der Waals surface area contributed by atoms with Crippen LogP contribution >= 0.6 is 15.9 Å². The van der Waals surface area contributed by atoms with Crippen LogP contribution in [-0.4, -0.2) is 8.42 Å². The van der Waals surface area contributed by atoms with Crippen LogP contribution in [0, 0.1) is 12.7 Å². The second kappa shape index (κ2) is 5.41. The van der Waals surface area contributed by atoms with Gasteiger partial charge < -0.3 is 5.73 Å². The van der Waals surface area contributed by atoms with Crippen LogP contribution in [0.25, 0.3) is 0 Å². The zero-order chi connectivity index (χ0) is 14.9. The van der Waals surface area contributed by atoms with Crippen LogP contribution in [0.3, 0.4) is 0 Å². The standard InChI is InChI=1S/C13H12BrFN2O2S/c1-8-11(16)6-9(14)7-13(8)20(18,19)17-12-5-3-2-4-10(12)15/h2-7,17H,16H2,1H3. The quantitative estimate of drug-likeness (QED) is 0.827. The Kier molecular flexibility index (Phi) is 4.01. The van der Waals surface area contributed by atoms with Crippen molar-refractivity contribution in [1.82, 2.24) is 0 Å². The number of para-hydroxylation sites is 1. The number of nitrogens with one attached hydrogen (secondary N) is 1. The molecule has 7 heteroatoms. The van der Waals surface area contributed by atoms with E-state index in [9.17, 15) is 12.8 Å². The monoisotopic (exact) mass is 358 g/mol. The smallest absolute Gasteiger partial charge is 0.262 e. The highest BCUT2D eigenvalue weighted by Crippen LogP contribution is 2.28. The second-order valence-electron chi connectivity index (χ2n) is 4.20. The van der Waals surface area contributed by atoms with Crippen LogP contribution in [-0.2, 0) is 10.0 Å². The van der Waals surface area contributed by atoms with Crippen molar-refractivity contribution in [2.24, 2.45) is 0 Å². The molecule has 0 saturated carbocycles. The van der Waals surface area contributed by atoms with Crippen molar-refractivity contribution in [3.63, 3.8) is 0 Å². The maximum atomic E-state index is 13.5. The Balaban J connectivity index is 2.49. The minimum absolute atomic E-state index is 0.00706. The van der Waals surface area contributed by atoms with Gasteiger partial charge in [-0.05, 0) is 36.8 Å². The summed E-state index contributed by atoms with van der Waals surface area (Å²) < 4.78 is 40.9. The lowest BCUT2D eigenvalue weighted by atomic mass is 10.2. The van der Waals surface area contributed by atoms with Gasteiger partial charge in [0.25, 0.3) is 10.0 Å². The third-order valence-electron chi connectivity index (χ3n) is 2.77. The normalized spacial score (nSPS) is 11.3. The largest absolute Gasteiger partial charge is 0.398 e. The summed E-state index contributed by atoms with van der Waals surface area (Å²) in [4.78, 5) is 0.00706. The van der Waals surface area contributed by atoms with Crippen LogP contribution in [0.5, 0.6) is 0 Å². The first-order chi connectivity index (χ1) is 9.31. The molecule has 0 aliphatic carbocycles. The molecular weight excluding hydrogens is 347 g/mol. The third kappa shape index (κ3) is 2.94. The fourth-order valence-corrected chi connectivity index (χ4v) is 3.69. The van der Waals surface area contributed by atoms with Crippen molar-refractivity contribution in [2.45, 2.75) is 11.8 Å². The summed E-state index contributed by atoms with van der Waals surface area (Å²) in [7, 11) is -3.91. The summed E-state index contributed by atoms with van der Waals surface area (Å²) in [6.07, 6.45) is 0. The SMILES string of the molecule is Cc1c(N)cc(Br)cc1S(=O)(=O)Nc1ccccc1F. The maximum Gasteiger partial charge on any atom is 0.262 e. The fraction of sp³-hybridized carbons (Fsp3) is 0.0769. The first kappa shape index (κ1) is 14.8. The predicted molar refractivity (Wildman–Crippen MR) is 80.5 cm³/mol. The average molecular weight is 359 g/mol. The summed E-state index contributed by atoms with van der Waals surface area (Å²) in [5.74, 6) is -0.642. The summed E-state index contributed by atoms with van der Waals surface area (Å²) in [6.45, 7) is 1.59. The van der Waals surface area contributed by atoms with E-state index < -0.39 is 15.8 Å². The summed E-state index contributed by atoms with van der Waals surface area (Å²) in [6, 6.07) is 8.59. The van der Waals surface area contributed by atoms with Gasteiger partial charge >= 0.3 is 0 Å². The molecule has 0 aromatic heterocycles. The number of nitrogens with two attached hydrogens (primary N) is 1. The molecule has 0 aliphatic heterocycles. The maximum absolute atomic E-state index is 13.5. The van der Waals surface area contributed by atoms with E-state index in [4.69, 9.17) is 5.73 Å². The molecule has 0 heterocycles. The Morgan fingerprint density at radius 2 is 1.90 bits per heavy atom. The van der Waals surface area contributed by atoms with Crippen LogP contribution in [0.4, 0.5) is 15.8 Å². The van der Waals surface area contributed by atoms with Gasteiger partial charge in [0.05, 0.1) is 10.6 Å². The highest BCUT2D eigenvalue weighted by atomic mass is 79.9. The van der Waals surface area contributed by atoms with E-state index >= 15 is 0 Å². The lowest BCUT2D eigenvalue weighted by Crippen LogP contribution is -2.16. The lowest BCUT2D eigenvalue weighted by molar-refractivity contribution is 0.598. The van der Waals surface area contributed by atoms with E-state index in [0.29, 0.717) is 15.7 Å². The van der Waals surface area contributed by atoms with Crippen LogP contribution in [0.2, 0.25) is 0 Å². The van der Waals surface area contributed by atoms with E-state index in [-0.39, 0.29) is 10.6 Å². The van der Waals surface area contributed by atoms with E-state index in [1.807, 2.05) is 0 Å². The highest BCUT2D eigenvalue weighted by molar-refractivity contribution is 9.10. The van der Waals surface area contributed by atoms with Gasteiger partial charge in [-0.1, -0.05) is 28.1 Å². The summed E-state index contributed by atoms with van der Waals surface area (Å²) in [5, 5.41) is 0. The van der Waals surface area contributed by atoms with Crippen molar-refractivity contribution in [3.8, 4) is 0 Å². The van der Waals surface area contributed by atoms with Gasteiger partial charge in [-0.2, -0.15) is 0 Å². The second-order valence-corrected chi connectivity index (χ2v) is 6.77. The van der Waals surface area contributed by atoms with Gasteiger partial charge in [-0.25, -0.2) is 12.8 Å². The van der Waals surface area contributed by atoms with E-state index in [2.05, 4.69) is 20.7 Å². The van der Waals surface area contributed by atoms with Crippen molar-refractivity contribution < 1.29 is 12.8 Å². The van der Waals surface area contributed by atoms with Crippen LogP contribution in [0.15, 0.2) is 45.8 Å². The molecule has 0 fully saturated rings. The Morgan fingerprint density at radius 3 is 2.55 bits per heavy atom. The van der Waals surface area contributed by atoms with Gasteiger partial charge in [0.15, 0.2) is 0 Å². The van der Waals surface area contributed by atoms with E-state index in [1.165, 1.54) is 24.3 Å². The van der Waals surface area contributed by atoms with Crippen molar-refractivity contribution in [3.05, 3.63) is 52.3 Å². The summed E-state index contributed by atoms with van der Waals surface area (Å²) in [5.41, 5.74) is 6.39. The molecule has 4 nitrogen and oxygen atoms in total. The molecule has 2 rings (SSSR count). The number of anilines is 2. The Morgan fingerprint density at radius 1 is 1.25 bits per heavy atom. The molecule has 0 bridgehead atoms. The molecule has 2 aromatic carbocycles. The molecule has 106 valence electrons. The molecule has 0 amide bonds. The zero-order valence-corrected chi connectivity index (χ0v) is 12.9. The highest BCUT2D eigenvalue weighted by Gasteiger charge is 2.20. The van der Waals surface area contributed by atoms with Crippen LogP contribution < -0.4 is 10.5 Å². The first-order valence-corrected chi connectivity index (χ1v) is 7.92. The Bertz CT molecular complexity index is 763. The van der Waals surface area contributed by atoms with Crippen LogP contribution in [0.1, 0.15) is 5.56 Å². The molecule has 0 spiro atoms. The predicted octanol–water partition coefficient (Wildman–Crippen LogP) is 3.28. The molecule has 0 radical (unpaired) electrons. The average Bonchev–Trinajstić information content (AvgIpc) is 2.36. The lowest BCUT2D eigenvalue weighted by Gasteiger charge is -2.13. The number of sulfonamides is 1. The van der Waals surface area contributed by atoms with Crippen molar-refractivity contribution in [2.75, 3.05) is 10.5 Å². The molecule has 0 atom stereocenters. The first-order valence-electron chi connectivity index (χ1n) is 5.64. The minimum Gasteiger partial charge on any atom is -0.398 e. The number of hydrogen-bond acceptors (Lipinski definition) is 3. The van der Waals surface area contributed by atoms with Gasteiger partial charge in [0.2, 0.25) is 0 Å². The van der Waals surface area contributed by atoms with Gasteiger partial charge in [-0.15, -0.1) is 0 Å². The van der Waals surface area contributed by atoms with Crippen molar-refractivity contribution in [1.29, 1.82) is 0 Å². The Labute approximate surface area is 125 Å². The number of rotatable bonds is 3. The number of nitrogen functional groups attached to an aromatic ring is 1. The van der Waals surface area contributed by atoms with Gasteiger partial charge in [0, 0.05) is 10.2 Å². The number of halogens is 2. The molecule has 0 aliphatic rings. The van der Waals surface area contributed by atoms with E-state index in [0.717, 1.165) is 0 Å². The third-order valence-corrected chi connectivity index (χ3v) is 4.72. The molecule has 0 saturated heterocycles. The zero-order valence-electron chi connectivity index (χ0n) is 10.5. The molecule has 0 unspecified atom stereocenters. The van der Waals surface area contributed by atoms with Gasteiger partial charge in [-0.3, -0.25) is 4.72 Å². The molecule has 3 N–H and O–H groups in total. The van der Waals surface area contributed by atoms with E-state index in [1.54, 1.807) is 19.1 Å². The summed E-state index contributed by atoms with van der Waals surface area (Å²) >= 11 is 3.19. The topological polar surface area (TPSA) is 72.2 Å². The minimum atomic E-state index is -3.91. The molecular formula is C13H12BrFN2O2S. The Hall–Kier alpha value is -1.60. The fourth-order valence-electron chi connectivity index (χ4n) is 1.70. The van der Waals surface area contributed by atoms with Gasteiger partial charge in [0.1, 0.15) is 5.82 Å². The number of benzene rings is 2. The molecule has 2 aromatic rings. The number of hydrogen-bond donors (Lipinski definition) is 2.